The standard InChI is InChI=1S/C15H15NO3S2/c1-4-5-10-6-9(7-11(18-2)13(10)19-3)8-12-14(17)16-15(20)21-12/h4,6-8H,1,5H2,2-3H3,(H,16,17,20)/b12-8+. The number of thioether (sulfide) groups is 1. The van der Waals surface area contributed by atoms with Crippen molar-refractivity contribution in [2.75, 3.05) is 14.2 Å². The summed E-state index contributed by atoms with van der Waals surface area (Å²) >= 11 is 6.23. The molecule has 0 saturated carbocycles. The average molecular weight is 321 g/mol. The highest BCUT2D eigenvalue weighted by Gasteiger charge is 2.22. The van der Waals surface area contributed by atoms with Crippen LogP contribution in [0.15, 0.2) is 29.7 Å². The van der Waals surface area contributed by atoms with E-state index in [4.69, 9.17) is 21.7 Å². The monoisotopic (exact) mass is 321 g/mol. The van der Waals surface area contributed by atoms with E-state index in [0.717, 1.165) is 11.1 Å². The van der Waals surface area contributed by atoms with E-state index in [0.29, 0.717) is 27.1 Å². The zero-order valence-corrected chi connectivity index (χ0v) is 13.4. The van der Waals surface area contributed by atoms with Gasteiger partial charge in [0.25, 0.3) is 5.91 Å². The van der Waals surface area contributed by atoms with E-state index in [1.807, 2.05) is 12.1 Å². The van der Waals surface area contributed by atoms with Crippen LogP contribution >= 0.6 is 24.0 Å². The Bertz CT molecular complexity index is 638. The lowest BCUT2D eigenvalue weighted by Crippen LogP contribution is -2.17. The summed E-state index contributed by atoms with van der Waals surface area (Å²) in [5.41, 5.74) is 1.80. The van der Waals surface area contributed by atoms with Crippen LogP contribution in [0, 0.1) is 0 Å². The number of carbonyl (C=O) groups excluding carboxylic acids is 1. The third-order valence-electron chi connectivity index (χ3n) is 2.88. The average Bonchev–Trinajstić information content (AvgIpc) is 2.76. The Hall–Kier alpha value is -1.79. The Balaban J connectivity index is 2.47. The van der Waals surface area contributed by atoms with Crippen molar-refractivity contribution in [1.82, 2.24) is 5.32 Å². The van der Waals surface area contributed by atoms with Crippen LogP contribution in [-0.2, 0) is 11.2 Å². The second kappa shape index (κ2) is 6.78. The van der Waals surface area contributed by atoms with Crippen molar-refractivity contribution in [2.45, 2.75) is 6.42 Å². The maximum Gasteiger partial charge on any atom is 0.263 e. The Labute approximate surface area is 133 Å². The number of hydrogen-bond donors (Lipinski definition) is 1. The minimum absolute atomic E-state index is 0.176. The van der Waals surface area contributed by atoms with E-state index in [1.54, 1.807) is 26.4 Å². The molecule has 110 valence electrons. The summed E-state index contributed by atoms with van der Waals surface area (Å²) in [6.45, 7) is 3.74. The number of benzene rings is 1. The van der Waals surface area contributed by atoms with Gasteiger partial charge in [-0.25, -0.2) is 0 Å². The quantitative estimate of drug-likeness (QED) is 0.513. The van der Waals surface area contributed by atoms with Gasteiger partial charge in [-0.15, -0.1) is 6.58 Å². The normalized spacial score (nSPS) is 16.0. The lowest BCUT2D eigenvalue weighted by atomic mass is 10.0. The van der Waals surface area contributed by atoms with Gasteiger partial charge in [0.2, 0.25) is 0 Å². The predicted octanol–water partition coefficient (Wildman–Crippen LogP) is 2.92. The molecule has 1 saturated heterocycles. The molecular weight excluding hydrogens is 306 g/mol. The minimum atomic E-state index is -0.176. The molecule has 4 nitrogen and oxygen atoms in total. The zero-order chi connectivity index (χ0) is 15.4. The smallest absolute Gasteiger partial charge is 0.263 e. The van der Waals surface area contributed by atoms with Crippen molar-refractivity contribution in [3.63, 3.8) is 0 Å². The number of hydrogen-bond acceptors (Lipinski definition) is 5. The number of thiocarbonyl (C=S) groups is 1. The third kappa shape index (κ3) is 3.46. The fraction of sp³-hybridized carbons (Fsp3) is 0.200. The van der Waals surface area contributed by atoms with Gasteiger partial charge in [0, 0.05) is 5.56 Å². The molecule has 1 N–H and O–H groups in total. The lowest BCUT2D eigenvalue weighted by molar-refractivity contribution is -0.115. The van der Waals surface area contributed by atoms with Gasteiger partial charge in [-0.2, -0.15) is 0 Å². The first-order valence-corrected chi connectivity index (χ1v) is 7.42. The summed E-state index contributed by atoms with van der Waals surface area (Å²) < 4.78 is 11.2. The maximum absolute atomic E-state index is 11.7. The highest BCUT2D eigenvalue weighted by Crippen LogP contribution is 2.35. The number of nitrogens with one attached hydrogen (secondary N) is 1. The molecule has 0 aromatic heterocycles. The number of methoxy groups -OCH3 is 2. The molecule has 6 heteroatoms. The van der Waals surface area contributed by atoms with Crippen LogP contribution in [0.4, 0.5) is 0 Å². The summed E-state index contributed by atoms with van der Waals surface area (Å²) in [5.74, 6) is 1.12. The Kier molecular flexibility index (Phi) is 5.03. The molecule has 21 heavy (non-hydrogen) atoms. The van der Waals surface area contributed by atoms with Gasteiger partial charge in [0.15, 0.2) is 11.5 Å². The molecule has 0 atom stereocenters. The first-order chi connectivity index (χ1) is 10.1. The van der Waals surface area contributed by atoms with Crippen LogP contribution in [0.2, 0.25) is 0 Å². The summed E-state index contributed by atoms with van der Waals surface area (Å²) in [7, 11) is 3.18. The van der Waals surface area contributed by atoms with Gasteiger partial charge >= 0.3 is 0 Å². The summed E-state index contributed by atoms with van der Waals surface area (Å²) in [6, 6.07) is 3.78. The van der Waals surface area contributed by atoms with Crippen molar-refractivity contribution in [1.29, 1.82) is 0 Å². The van der Waals surface area contributed by atoms with Crippen LogP contribution in [0.3, 0.4) is 0 Å². The number of allylic oxidation sites excluding steroid dienone is 1. The van der Waals surface area contributed by atoms with Gasteiger partial charge in [-0.05, 0) is 30.2 Å². The predicted molar refractivity (Wildman–Crippen MR) is 89.8 cm³/mol. The highest BCUT2D eigenvalue weighted by molar-refractivity contribution is 8.26. The molecule has 1 heterocycles. The fourth-order valence-electron chi connectivity index (χ4n) is 2.03. The first-order valence-electron chi connectivity index (χ1n) is 6.19. The summed E-state index contributed by atoms with van der Waals surface area (Å²) in [6.07, 6.45) is 4.22. The number of ether oxygens (including phenoxy) is 2. The first kappa shape index (κ1) is 15.6. The van der Waals surface area contributed by atoms with Gasteiger partial charge in [0.05, 0.1) is 19.1 Å². The molecule has 1 fully saturated rings. The SMILES string of the molecule is C=CCc1cc(/C=C2/SC(=S)NC2=O)cc(OC)c1OC. The summed E-state index contributed by atoms with van der Waals surface area (Å²) in [4.78, 5) is 12.3. The van der Waals surface area contributed by atoms with Crippen molar-refractivity contribution < 1.29 is 14.3 Å². The van der Waals surface area contributed by atoms with E-state index in [2.05, 4.69) is 11.9 Å². The Morgan fingerprint density at radius 3 is 2.67 bits per heavy atom. The van der Waals surface area contributed by atoms with E-state index in [1.165, 1.54) is 11.8 Å². The molecule has 0 spiro atoms. The van der Waals surface area contributed by atoms with Crippen molar-refractivity contribution >= 4 is 40.3 Å². The van der Waals surface area contributed by atoms with Crippen LogP contribution in [0.1, 0.15) is 11.1 Å². The number of carbonyl (C=O) groups is 1. The zero-order valence-electron chi connectivity index (χ0n) is 11.8. The molecule has 0 bridgehead atoms. The molecule has 1 aromatic carbocycles. The molecule has 0 radical (unpaired) electrons. The van der Waals surface area contributed by atoms with Gasteiger partial charge < -0.3 is 14.8 Å². The van der Waals surface area contributed by atoms with Gasteiger partial charge in [0.1, 0.15) is 4.32 Å². The van der Waals surface area contributed by atoms with Crippen molar-refractivity contribution in [3.05, 3.63) is 40.8 Å². The molecule has 0 unspecified atom stereocenters. The van der Waals surface area contributed by atoms with Crippen LogP contribution < -0.4 is 14.8 Å². The number of amides is 1. The highest BCUT2D eigenvalue weighted by atomic mass is 32.2. The molecule has 1 aliphatic heterocycles. The third-order valence-corrected chi connectivity index (χ3v) is 4.04. The van der Waals surface area contributed by atoms with Gasteiger partial charge in [-0.3, -0.25) is 4.79 Å². The van der Waals surface area contributed by atoms with Crippen molar-refractivity contribution in [2.24, 2.45) is 0 Å². The molecule has 2 rings (SSSR count). The number of rotatable bonds is 5. The topological polar surface area (TPSA) is 47.6 Å². The van der Waals surface area contributed by atoms with Crippen LogP contribution in [0.25, 0.3) is 6.08 Å². The largest absolute Gasteiger partial charge is 0.493 e. The van der Waals surface area contributed by atoms with Crippen LogP contribution in [0.5, 0.6) is 11.5 Å². The molecule has 1 aliphatic rings. The Morgan fingerprint density at radius 2 is 2.14 bits per heavy atom. The molecule has 1 amide bonds. The Morgan fingerprint density at radius 1 is 1.38 bits per heavy atom. The second-order valence-electron chi connectivity index (χ2n) is 4.26. The molecule has 1 aromatic rings. The lowest BCUT2D eigenvalue weighted by Gasteiger charge is -2.13. The van der Waals surface area contributed by atoms with Gasteiger partial charge in [-0.1, -0.05) is 30.1 Å². The summed E-state index contributed by atoms with van der Waals surface area (Å²) in [5, 5.41) is 2.59. The maximum atomic E-state index is 11.7. The molecular formula is C15H15NO3S2. The second-order valence-corrected chi connectivity index (χ2v) is 5.98. The van der Waals surface area contributed by atoms with E-state index in [9.17, 15) is 4.79 Å². The van der Waals surface area contributed by atoms with Crippen LogP contribution in [-0.4, -0.2) is 24.4 Å². The minimum Gasteiger partial charge on any atom is -0.493 e. The van der Waals surface area contributed by atoms with Crippen molar-refractivity contribution in [3.8, 4) is 11.5 Å². The van der Waals surface area contributed by atoms with E-state index >= 15 is 0 Å². The molecule has 0 aliphatic carbocycles. The van der Waals surface area contributed by atoms with E-state index in [-0.39, 0.29) is 5.91 Å². The van der Waals surface area contributed by atoms with E-state index < -0.39 is 0 Å². The fourth-order valence-corrected chi connectivity index (χ4v) is 3.07.